The van der Waals surface area contributed by atoms with Crippen molar-refractivity contribution in [3.05, 3.63) is 52.3 Å². The first-order valence-electron chi connectivity index (χ1n) is 6.82. The quantitative estimate of drug-likeness (QED) is 0.254. The van der Waals surface area contributed by atoms with E-state index >= 15 is 0 Å². The lowest BCUT2D eigenvalue weighted by atomic mass is 10.1. The van der Waals surface area contributed by atoms with Crippen LogP contribution in [0.15, 0.2) is 45.9 Å². The number of hydrogen-bond acceptors (Lipinski definition) is 5. The molecule has 1 aromatic carbocycles. The summed E-state index contributed by atoms with van der Waals surface area (Å²) in [5.74, 6) is -6.47. The highest BCUT2D eigenvalue weighted by molar-refractivity contribution is 5.77. The molecule has 0 aliphatic heterocycles. The third-order valence-corrected chi connectivity index (χ3v) is 3.14. The Morgan fingerprint density at radius 3 is 2.11 bits per heavy atom. The number of benzene rings is 1. The van der Waals surface area contributed by atoms with Gasteiger partial charge in [-0.1, -0.05) is 0 Å². The molecule has 6 nitrogen and oxygen atoms in total. The van der Waals surface area contributed by atoms with Crippen molar-refractivity contribution in [1.82, 2.24) is 5.43 Å². The lowest BCUT2D eigenvalue weighted by molar-refractivity contribution is -0.384. The van der Waals surface area contributed by atoms with E-state index in [9.17, 15) is 40.8 Å². The van der Waals surface area contributed by atoms with E-state index in [1.165, 1.54) is 36.4 Å². The van der Waals surface area contributed by atoms with Crippen molar-refractivity contribution in [2.45, 2.75) is 18.1 Å². The van der Waals surface area contributed by atoms with Crippen molar-refractivity contribution in [3.8, 4) is 11.3 Å². The minimum atomic E-state index is -6.48. The van der Waals surface area contributed by atoms with Crippen LogP contribution in [0, 0.1) is 10.1 Å². The fourth-order valence-corrected chi connectivity index (χ4v) is 1.75. The number of nitrogens with zero attached hydrogens (tertiary/aromatic N) is 2. The van der Waals surface area contributed by atoms with Gasteiger partial charge in [-0.15, -0.1) is 0 Å². The number of nitro groups is 1. The minimum Gasteiger partial charge on any atom is -0.455 e. The van der Waals surface area contributed by atoms with Crippen LogP contribution in [0.2, 0.25) is 0 Å². The van der Waals surface area contributed by atoms with Gasteiger partial charge in [0.05, 0.1) is 11.1 Å². The average Bonchev–Trinajstić information content (AvgIpc) is 3.02. The monoisotopic (exact) mass is 399 g/mol. The van der Waals surface area contributed by atoms with Gasteiger partial charge in [-0.05, 0) is 24.3 Å². The molecule has 0 unspecified atom stereocenters. The lowest BCUT2D eigenvalue weighted by Gasteiger charge is -2.27. The molecule has 0 spiro atoms. The molecule has 0 aliphatic carbocycles. The van der Waals surface area contributed by atoms with Crippen LogP contribution < -0.4 is 5.43 Å². The molecule has 2 aromatic rings. The Hall–Kier alpha value is -3.12. The Morgan fingerprint density at radius 1 is 1.00 bits per heavy atom. The van der Waals surface area contributed by atoms with Crippen LogP contribution >= 0.6 is 0 Å². The van der Waals surface area contributed by atoms with Crippen molar-refractivity contribution in [3.63, 3.8) is 0 Å². The molecular weight excluding hydrogens is 391 g/mol. The maximum absolute atomic E-state index is 13.0. The molecule has 0 fully saturated rings. The maximum atomic E-state index is 13.0. The van der Waals surface area contributed by atoms with Gasteiger partial charge in [0.15, 0.2) is 0 Å². The fourth-order valence-electron chi connectivity index (χ4n) is 1.75. The second kappa shape index (κ2) is 6.89. The number of non-ortho nitro benzene ring substituents is 1. The number of rotatable bonds is 6. The molecule has 27 heavy (non-hydrogen) atoms. The Labute approximate surface area is 145 Å². The Kier molecular flexibility index (Phi) is 5.15. The molecule has 146 valence electrons. The predicted molar refractivity (Wildman–Crippen MR) is 77.5 cm³/mol. The largest absolute Gasteiger partial charge is 0.462 e. The minimum absolute atomic E-state index is 0.124. The number of halogens is 7. The molecule has 1 heterocycles. The molecule has 2 rings (SSSR count). The van der Waals surface area contributed by atoms with Gasteiger partial charge in [0.1, 0.15) is 11.5 Å². The van der Waals surface area contributed by atoms with Gasteiger partial charge in [0, 0.05) is 17.7 Å². The summed E-state index contributed by atoms with van der Waals surface area (Å²) < 4.78 is 92.3. The first-order valence-corrected chi connectivity index (χ1v) is 6.82. The Bertz CT molecular complexity index is 844. The number of alkyl halides is 7. The van der Waals surface area contributed by atoms with Crippen LogP contribution in [0.1, 0.15) is 5.76 Å². The number of furan rings is 1. The highest BCUT2D eigenvalue weighted by Gasteiger charge is 2.73. The van der Waals surface area contributed by atoms with Gasteiger partial charge < -0.3 is 4.42 Å². The van der Waals surface area contributed by atoms with Crippen LogP contribution in [0.4, 0.5) is 36.4 Å². The van der Waals surface area contributed by atoms with Crippen molar-refractivity contribution in [1.29, 1.82) is 0 Å². The van der Waals surface area contributed by atoms with Crippen LogP contribution in [-0.4, -0.2) is 29.3 Å². The number of hydrazone groups is 1. The summed E-state index contributed by atoms with van der Waals surface area (Å²) in [7, 11) is 0. The summed E-state index contributed by atoms with van der Waals surface area (Å²) in [6, 6.07) is 1.80. The van der Waals surface area contributed by atoms with Crippen molar-refractivity contribution >= 4 is 11.9 Å². The summed E-state index contributed by atoms with van der Waals surface area (Å²) in [6.45, 7) is 0. The van der Waals surface area contributed by atoms with Gasteiger partial charge in [0.25, 0.3) is 5.69 Å². The molecule has 0 saturated heterocycles. The summed E-state index contributed by atoms with van der Waals surface area (Å²) in [4.78, 5) is 9.93. The summed E-state index contributed by atoms with van der Waals surface area (Å²) in [5, 5.41) is 13.2. The van der Waals surface area contributed by atoms with E-state index in [1.54, 1.807) is 0 Å². The summed E-state index contributed by atoms with van der Waals surface area (Å²) in [6.07, 6.45) is -6.01. The zero-order chi connectivity index (χ0) is 20.5. The molecular formula is C14H8F7N3O3. The molecule has 0 amide bonds. The number of nitro benzene ring substituents is 1. The van der Waals surface area contributed by atoms with Crippen LogP contribution in [0.3, 0.4) is 0 Å². The van der Waals surface area contributed by atoms with Crippen LogP contribution in [0.25, 0.3) is 11.3 Å². The maximum Gasteiger partial charge on any atom is 0.462 e. The molecule has 1 N–H and O–H groups in total. The van der Waals surface area contributed by atoms with E-state index in [0.29, 0.717) is 17.2 Å². The van der Waals surface area contributed by atoms with Gasteiger partial charge in [-0.25, -0.2) is 5.43 Å². The zero-order valence-electron chi connectivity index (χ0n) is 12.8. The first-order chi connectivity index (χ1) is 12.3. The second-order valence-electron chi connectivity index (χ2n) is 5.02. The molecule has 0 atom stereocenters. The van der Waals surface area contributed by atoms with E-state index in [-0.39, 0.29) is 17.2 Å². The smallest absolute Gasteiger partial charge is 0.455 e. The predicted octanol–water partition coefficient (Wildman–Crippen LogP) is 4.57. The van der Waals surface area contributed by atoms with Gasteiger partial charge >= 0.3 is 18.1 Å². The number of hydrogen-bond donors (Lipinski definition) is 1. The molecule has 0 aliphatic rings. The second-order valence-corrected chi connectivity index (χ2v) is 5.02. The molecule has 0 saturated carbocycles. The summed E-state index contributed by atoms with van der Waals surface area (Å²) >= 11 is 0. The van der Waals surface area contributed by atoms with Crippen LogP contribution in [-0.2, 0) is 0 Å². The van der Waals surface area contributed by atoms with Gasteiger partial charge in [0.2, 0.25) is 0 Å². The van der Waals surface area contributed by atoms with Crippen molar-refractivity contribution < 1.29 is 40.1 Å². The standard InChI is InChI=1S/C14H8F7N3O3/c15-12(16,13(17,18)19)14(20,21)23-22-7-10-5-6-11(27-10)8-1-3-9(4-2-8)24(25)26/h1-7,23H/b22-7-. The van der Waals surface area contributed by atoms with E-state index in [0.717, 1.165) is 0 Å². The van der Waals surface area contributed by atoms with Gasteiger partial charge in [-0.3, -0.25) is 10.1 Å². The Balaban J connectivity index is 2.10. The van der Waals surface area contributed by atoms with E-state index in [2.05, 4.69) is 5.10 Å². The Morgan fingerprint density at radius 2 is 1.59 bits per heavy atom. The van der Waals surface area contributed by atoms with E-state index in [1.807, 2.05) is 0 Å². The van der Waals surface area contributed by atoms with E-state index < -0.39 is 23.1 Å². The highest BCUT2D eigenvalue weighted by atomic mass is 19.4. The van der Waals surface area contributed by atoms with Crippen LogP contribution in [0.5, 0.6) is 0 Å². The van der Waals surface area contributed by atoms with E-state index in [4.69, 9.17) is 4.42 Å². The SMILES string of the molecule is O=[N+]([O-])c1ccc(-c2ccc(/C=N\NC(F)(F)C(F)(F)C(F)(F)F)o2)cc1. The van der Waals surface area contributed by atoms with Crippen molar-refractivity contribution in [2.24, 2.45) is 5.10 Å². The molecule has 0 bridgehead atoms. The highest BCUT2D eigenvalue weighted by Crippen LogP contribution is 2.45. The average molecular weight is 399 g/mol. The fraction of sp³-hybridized carbons (Fsp3) is 0.214. The normalized spacial score (nSPS) is 13.1. The third kappa shape index (κ3) is 4.17. The summed E-state index contributed by atoms with van der Waals surface area (Å²) in [5.41, 5.74) is 0.627. The zero-order valence-corrected chi connectivity index (χ0v) is 12.8. The third-order valence-electron chi connectivity index (χ3n) is 3.14. The molecule has 1 aromatic heterocycles. The van der Waals surface area contributed by atoms with Gasteiger partial charge in [-0.2, -0.15) is 35.8 Å². The van der Waals surface area contributed by atoms with Crippen molar-refractivity contribution in [2.75, 3.05) is 0 Å². The first kappa shape index (κ1) is 20.2. The lowest BCUT2D eigenvalue weighted by Crippen LogP contribution is -2.58. The molecule has 0 radical (unpaired) electrons. The topological polar surface area (TPSA) is 80.7 Å². The molecule has 13 heteroatoms. The number of nitrogens with one attached hydrogen (secondary N) is 1.